The topological polar surface area (TPSA) is 154 Å². The van der Waals surface area contributed by atoms with Gasteiger partial charge in [0.05, 0.1) is 24.4 Å². The SMILES string of the molecule is O=C(CCCC(=O)NCc1ccccc1-c1ccc([C@H]2O[C@@H](CSc3ccc(C(=O)O)cc3)C[C@@H](c3ccc(CO)cc3)O2)cc1)NO. The third-order valence-electron chi connectivity index (χ3n) is 8.07. The van der Waals surface area contributed by atoms with Gasteiger partial charge in [-0.05, 0) is 58.5 Å². The van der Waals surface area contributed by atoms with Crippen LogP contribution in [0.3, 0.4) is 0 Å². The summed E-state index contributed by atoms with van der Waals surface area (Å²) in [6.07, 6.45) is 0.185. The fourth-order valence-electron chi connectivity index (χ4n) is 5.43. The lowest BCUT2D eigenvalue weighted by Gasteiger charge is -2.36. The van der Waals surface area contributed by atoms with E-state index in [2.05, 4.69) is 5.32 Å². The molecule has 48 heavy (non-hydrogen) atoms. The van der Waals surface area contributed by atoms with Gasteiger partial charge in [-0.15, -0.1) is 11.8 Å². The number of ether oxygens (including phenoxy) is 2. The summed E-state index contributed by atoms with van der Waals surface area (Å²) in [6, 6.07) is 30.3. The van der Waals surface area contributed by atoms with Crippen molar-refractivity contribution in [2.45, 2.75) is 62.2 Å². The predicted molar refractivity (Wildman–Crippen MR) is 180 cm³/mol. The van der Waals surface area contributed by atoms with Crippen molar-refractivity contribution in [2.24, 2.45) is 0 Å². The minimum Gasteiger partial charge on any atom is -0.478 e. The van der Waals surface area contributed by atoms with E-state index in [-0.39, 0.29) is 43.1 Å². The van der Waals surface area contributed by atoms with E-state index in [0.717, 1.165) is 38.3 Å². The van der Waals surface area contributed by atoms with Crippen molar-refractivity contribution in [1.82, 2.24) is 10.8 Å². The van der Waals surface area contributed by atoms with Gasteiger partial charge in [0.2, 0.25) is 11.8 Å². The molecule has 1 aliphatic rings. The Morgan fingerprint density at radius 1 is 0.812 bits per heavy atom. The number of carbonyl (C=O) groups is 3. The number of amides is 2. The Bertz CT molecular complexity index is 1680. The maximum Gasteiger partial charge on any atom is 0.335 e. The summed E-state index contributed by atoms with van der Waals surface area (Å²) in [5, 5.41) is 30.2. The molecule has 5 N–H and O–H groups in total. The Morgan fingerprint density at radius 2 is 1.50 bits per heavy atom. The first kappa shape index (κ1) is 34.8. The molecule has 3 atom stereocenters. The van der Waals surface area contributed by atoms with Crippen molar-refractivity contribution in [3.63, 3.8) is 0 Å². The third-order valence-corrected chi connectivity index (χ3v) is 9.22. The maximum atomic E-state index is 12.3. The molecule has 4 aromatic carbocycles. The molecule has 0 saturated carbocycles. The van der Waals surface area contributed by atoms with E-state index in [0.29, 0.717) is 25.1 Å². The predicted octanol–water partition coefficient (Wildman–Crippen LogP) is 6.17. The molecule has 1 saturated heterocycles. The van der Waals surface area contributed by atoms with Crippen molar-refractivity contribution >= 4 is 29.5 Å². The Balaban J connectivity index is 1.28. The molecule has 5 rings (SSSR count). The second-order valence-corrected chi connectivity index (χ2v) is 12.5. The summed E-state index contributed by atoms with van der Waals surface area (Å²) in [4.78, 5) is 35.7. The number of carbonyl (C=O) groups excluding carboxylic acids is 2. The van der Waals surface area contributed by atoms with Crippen LogP contribution < -0.4 is 10.8 Å². The number of hydroxylamine groups is 1. The summed E-state index contributed by atoms with van der Waals surface area (Å²) in [6.45, 7) is 0.289. The van der Waals surface area contributed by atoms with Crippen molar-refractivity contribution in [1.29, 1.82) is 0 Å². The number of aliphatic hydroxyl groups excluding tert-OH is 1. The first-order chi connectivity index (χ1) is 23.3. The number of hydrogen-bond donors (Lipinski definition) is 5. The largest absolute Gasteiger partial charge is 0.478 e. The number of hydrogen-bond acceptors (Lipinski definition) is 8. The molecule has 0 unspecified atom stereocenters. The second-order valence-electron chi connectivity index (χ2n) is 11.4. The summed E-state index contributed by atoms with van der Waals surface area (Å²) in [5.41, 5.74) is 7.36. The zero-order chi connectivity index (χ0) is 33.9. The highest BCUT2D eigenvalue weighted by molar-refractivity contribution is 7.99. The zero-order valence-electron chi connectivity index (χ0n) is 26.2. The molecule has 0 spiro atoms. The number of nitrogens with one attached hydrogen (secondary N) is 2. The quantitative estimate of drug-likeness (QED) is 0.0602. The van der Waals surface area contributed by atoms with Gasteiger partial charge in [-0.1, -0.05) is 72.8 Å². The summed E-state index contributed by atoms with van der Waals surface area (Å²) in [5.74, 6) is -1.02. The van der Waals surface area contributed by atoms with E-state index in [1.807, 2.05) is 72.8 Å². The Hall–Kier alpha value is -4.52. The van der Waals surface area contributed by atoms with Crippen LogP contribution in [0, 0.1) is 0 Å². The van der Waals surface area contributed by atoms with Gasteiger partial charge in [-0.3, -0.25) is 14.8 Å². The van der Waals surface area contributed by atoms with Gasteiger partial charge in [0.15, 0.2) is 6.29 Å². The molecular formula is C37H38N2O8S. The summed E-state index contributed by atoms with van der Waals surface area (Å²) < 4.78 is 13.0. The van der Waals surface area contributed by atoms with E-state index >= 15 is 0 Å². The van der Waals surface area contributed by atoms with Gasteiger partial charge >= 0.3 is 5.97 Å². The zero-order valence-corrected chi connectivity index (χ0v) is 27.0. The number of carboxylic acid groups (broad SMARTS) is 1. The van der Waals surface area contributed by atoms with Crippen LogP contribution in [-0.4, -0.2) is 45.1 Å². The maximum absolute atomic E-state index is 12.3. The van der Waals surface area contributed by atoms with Crippen LogP contribution in [0.25, 0.3) is 11.1 Å². The number of carboxylic acids is 1. The summed E-state index contributed by atoms with van der Waals surface area (Å²) >= 11 is 1.60. The van der Waals surface area contributed by atoms with E-state index in [4.69, 9.17) is 14.7 Å². The van der Waals surface area contributed by atoms with Crippen molar-refractivity contribution < 1.29 is 39.3 Å². The molecule has 0 aromatic heterocycles. The van der Waals surface area contributed by atoms with Crippen molar-refractivity contribution in [2.75, 3.05) is 5.75 Å². The number of rotatable bonds is 14. The van der Waals surface area contributed by atoms with Crippen LogP contribution >= 0.6 is 11.8 Å². The standard InChI is InChI=1S/C37H38N2O8S/c40-22-24-8-10-26(11-9-24)33-20-30(23-48-31-18-16-27(17-19-31)36(43)44)46-37(47-33)28-14-12-25(13-15-28)32-5-2-1-4-29(32)21-38-34(41)6-3-7-35(42)39-45/h1-2,4-5,8-19,30,33,37,40,45H,3,6-7,20-23H2,(H,38,41)(H,39,42)(H,43,44)/t30-,33+,37+/m1/s1. The lowest BCUT2D eigenvalue weighted by molar-refractivity contribution is -0.245. The van der Waals surface area contributed by atoms with Crippen LogP contribution in [0.2, 0.25) is 0 Å². The summed E-state index contributed by atoms with van der Waals surface area (Å²) in [7, 11) is 0. The second kappa shape index (κ2) is 17.0. The highest BCUT2D eigenvalue weighted by atomic mass is 32.2. The monoisotopic (exact) mass is 670 g/mol. The Labute approximate surface area is 283 Å². The molecular weight excluding hydrogens is 632 g/mol. The molecule has 2 amide bonds. The van der Waals surface area contributed by atoms with Crippen LogP contribution in [0.4, 0.5) is 0 Å². The molecule has 1 aliphatic heterocycles. The average molecular weight is 671 g/mol. The van der Waals surface area contributed by atoms with Crippen LogP contribution in [0.1, 0.15) is 70.7 Å². The molecule has 1 heterocycles. The van der Waals surface area contributed by atoms with E-state index in [1.165, 1.54) is 0 Å². The fourth-order valence-corrected chi connectivity index (χ4v) is 6.35. The molecule has 1 fully saturated rings. The van der Waals surface area contributed by atoms with Gasteiger partial charge < -0.3 is 25.0 Å². The molecule has 0 aliphatic carbocycles. The average Bonchev–Trinajstić information content (AvgIpc) is 3.13. The molecule has 11 heteroatoms. The van der Waals surface area contributed by atoms with E-state index < -0.39 is 18.2 Å². The number of aromatic carboxylic acids is 1. The number of aliphatic hydroxyl groups is 1. The first-order valence-electron chi connectivity index (χ1n) is 15.7. The molecule has 4 aromatic rings. The smallest absolute Gasteiger partial charge is 0.335 e. The van der Waals surface area contributed by atoms with Gasteiger partial charge in [0.25, 0.3) is 0 Å². The fraction of sp³-hybridized carbons (Fsp3) is 0.270. The van der Waals surface area contributed by atoms with Gasteiger partial charge in [-0.25, -0.2) is 10.3 Å². The Morgan fingerprint density at radius 3 is 2.19 bits per heavy atom. The highest BCUT2D eigenvalue weighted by Crippen LogP contribution is 2.40. The van der Waals surface area contributed by atoms with Crippen LogP contribution in [-0.2, 0) is 32.2 Å². The molecule has 0 bridgehead atoms. The van der Waals surface area contributed by atoms with Crippen molar-refractivity contribution in [3.05, 3.63) is 125 Å². The molecule has 250 valence electrons. The third kappa shape index (κ3) is 9.52. The molecule has 0 radical (unpaired) electrons. The van der Waals surface area contributed by atoms with Crippen molar-refractivity contribution in [3.8, 4) is 11.1 Å². The number of thioether (sulfide) groups is 1. The number of benzene rings is 4. The lowest BCUT2D eigenvalue weighted by atomic mass is 9.97. The minimum atomic E-state index is -0.961. The Kier molecular flexibility index (Phi) is 12.4. The van der Waals surface area contributed by atoms with Gasteiger partial charge in [0.1, 0.15) is 0 Å². The van der Waals surface area contributed by atoms with E-state index in [9.17, 15) is 24.6 Å². The van der Waals surface area contributed by atoms with Crippen LogP contribution in [0.15, 0.2) is 102 Å². The highest BCUT2D eigenvalue weighted by Gasteiger charge is 2.32. The van der Waals surface area contributed by atoms with E-state index in [1.54, 1.807) is 41.5 Å². The van der Waals surface area contributed by atoms with Gasteiger partial charge in [-0.2, -0.15) is 0 Å². The van der Waals surface area contributed by atoms with Gasteiger partial charge in [0, 0.05) is 42.0 Å². The lowest BCUT2D eigenvalue weighted by Crippen LogP contribution is -2.31. The molecule has 10 nitrogen and oxygen atoms in total. The minimum absolute atomic E-state index is 0.0369. The first-order valence-corrected chi connectivity index (χ1v) is 16.7. The van der Waals surface area contributed by atoms with Crippen LogP contribution in [0.5, 0.6) is 0 Å². The normalized spacial score (nSPS) is 17.4.